The van der Waals surface area contributed by atoms with E-state index in [4.69, 9.17) is 4.74 Å². The molecule has 142 valence electrons. The number of nitrogens with one attached hydrogen (secondary N) is 1. The summed E-state index contributed by atoms with van der Waals surface area (Å²) in [6.45, 7) is 2.27. The number of benzene rings is 3. The van der Waals surface area contributed by atoms with E-state index in [-0.39, 0.29) is 11.6 Å². The summed E-state index contributed by atoms with van der Waals surface area (Å²) < 4.78 is 5.72. The van der Waals surface area contributed by atoms with Crippen molar-refractivity contribution in [2.45, 2.75) is 13.3 Å². The zero-order valence-corrected chi connectivity index (χ0v) is 15.4. The van der Waals surface area contributed by atoms with Crippen LogP contribution < -0.4 is 10.1 Å². The number of nitro benzene ring substituents is 1. The van der Waals surface area contributed by atoms with Crippen molar-refractivity contribution in [1.29, 1.82) is 0 Å². The van der Waals surface area contributed by atoms with E-state index in [2.05, 4.69) is 17.4 Å². The van der Waals surface area contributed by atoms with Crippen molar-refractivity contribution in [3.63, 3.8) is 0 Å². The number of non-ortho nitro benzene ring substituents is 1. The van der Waals surface area contributed by atoms with Gasteiger partial charge in [-0.05, 0) is 48.4 Å². The second kappa shape index (κ2) is 8.81. The first-order valence-electron chi connectivity index (χ1n) is 8.86. The second-order valence-corrected chi connectivity index (χ2v) is 6.32. The second-order valence-electron chi connectivity index (χ2n) is 6.32. The summed E-state index contributed by atoms with van der Waals surface area (Å²) in [4.78, 5) is 22.7. The molecule has 6 nitrogen and oxygen atoms in total. The average Bonchev–Trinajstić information content (AvgIpc) is 2.70. The van der Waals surface area contributed by atoms with Crippen molar-refractivity contribution in [1.82, 2.24) is 0 Å². The molecule has 1 amide bonds. The Bertz CT molecular complexity index is 970. The van der Waals surface area contributed by atoms with Gasteiger partial charge in [0.2, 0.25) is 0 Å². The lowest BCUT2D eigenvalue weighted by Crippen LogP contribution is -2.12. The molecule has 3 aromatic carbocycles. The van der Waals surface area contributed by atoms with E-state index in [0.717, 1.165) is 6.42 Å². The maximum absolute atomic E-state index is 12.4. The van der Waals surface area contributed by atoms with Gasteiger partial charge in [0.15, 0.2) is 0 Å². The first-order valence-corrected chi connectivity index (χ1v) is 8.86. The fourth-order valence-electron chi connectivity index (χ4n) is 2.73. The maximum atomic E-state index is 12.4. The molecule has 0 radical (unpaired) electrons. The molecule has 0 aromatic heterocycles. The van der Waals surface area contributed by atoms with Crippen molar-refractivity contribution in [3.8, 4) is 5.75 Å². The van der Waals surface area contributed by atoms with Gasteiger partial charge in [0, 0.05) is 29.8 Å². The van der Waals surface area contributed by atoms with Crippen LogP contribution in [0.3, 0.4) is 0 Å². The molecule has 0 saturated heterocycles. The molecule has 0 saturated carbocycles. The Morgan fingerprint density at radius 2 is 1.75 bits per heavy atom. The molecule has 3 rings (SSSR count). The number of amides is 1. The summed E-state index contributed by atoms with van der Waals surface area (Å²) >= 11 is 0. The Hall–Kier alpha value is -3.67. The molecule has 0 fully saturated rings. The van der Waals surface area contributed by atoms with E-state index < -0.39 is 4.92 Å². The highest BCUT2D eigenvalue weighted by molar-refractivity contribution is 6.04. The van der Waals surface area contributed by atoms with Crippen LogP contribution in [0.1, 0.15) is 21.5 Å². The Labute approximate surface area is 162 Å². The minimum absolute atomic E-state index is 0.00694. The Morgan fingerprint density at radius 3 is 2.39 bits per heavy atom. The highest BCUT2D eigenvalue weighted by atomic mass is 16.6. The lowest BCUT2D eigenvalue weighted by Gasteiger charge is -2.10. The smallest absolute Gasteiger partial charge is 0.269 e. The van der Waals surface area contributed by atoms with Gasteiger partial charge in [0.25, 0.3) is 11.6 Å². The van der Waals surface area contributed by atoms with Crippen LogP contribution in [0.4, 0.5) is 11.4 Å². The molecule has 0 spiro atoms. The number of carbonyl (C=O) groups excluding carboxylic acids is 1. The van der Waals surface area contributed by atoms with E-state index in [1.54, 1.807) is 31.2 Å². The summed E-state index contributed by atoms with van der Waals surface area (Å²) in [5, 5.41) is 13.6. The van der Waals surface area contributed by atoms with Crippen LogP contribution >= 0.6 is 0 Å². The molecule has 0 heterocycles. The van der Waals surface area contributed by atoms with Gasteiger partial charge in [-0.2, -0.15) is 0 Å². The van der Waals surface area contributed by atoms with Crippen molar-refractivity contribution in [2.24, 2.45) is 0 Å². The van der Waals surface area contributed by atoms with E-state index in [9.17, 15) is 14.9 Å². The quantitative estimate of drug-likeness (QED) is 0.475. The number of carbonyl (C=O) groups is 1. The summed E-state index contributed by atoms with van der Waals surface area (Å²) in [7, 11) is 0. The molecule has 1 N–H and O–H groups in total. The van der Waals surface area contributed by atoms with Gasteiger partial charge in [-0.1, -0.05) is 30.3 Å². The summed E-state index contributed by atoms with van der Waals surface area (Å²) in [5.41, 5.74) is 2.85. The molecule has 28 heavy (non-hydrogen) atoms. The van der Waals surface area contributed by atoms with Crippen molar-refractivity contribution < 1.29 is 14.5 Å². The minimum atomic E-state index is -0.463. The van der Waals surface area contributed by atoms with Crippen LogP contribution in [-0.4, -0.2) is 17.4 Å². The number of hydrogen-bond acceptors (Lipinski definition) is 4. The van der Waals surface area contributed by atoms with Gasteiger partial charge in [-0.25, -0.2) is 0 Å². The minimum Gasteiger partial charge on any atom is -0.493 e. The molecule has 0 atom stereocenters. The zero-order chi connectivity index (χ0) is 19.9. The summed E-state index contributed by atoms with van der Waals surface area (Å²) in [6, 6.07) is 21.3. The standard InChI is InChI=1S/C22H20N2O4/c1-16-15-19(24(26)27)9-12-21(16)23-22(25)18-7-10-20(11-8-18)28-14-13-17-5-3-2-4-6-17/h2-12,15H,13-14H2,1H3,(H,23,25). The Kier molecular flexibility index (Phi) is 6.01. The molecule has 0 unspecified atom stereocenters. The van der Waals surface area contributed by atoms with Gasteiger partial charge >= 0.3 is 0 Å². The largest absolute Gasteiger partial charge is 0.493 e. The van der Waals surface area contributed by atoms with Crippen molar-refractivity contribution in [3.05, 3.63) is 99.6 Å². The monoisotopic (exact) mass is 376 g/mol. The highest BCUT2D eigenvalue weighted by Gasteiger charge is 2.11. The Morgan fingerprint density at radius 1 is 1.04 bits per heavy atom. The number of anilines is 1. The topological polar surface area (TPSA) is 81.5 Å². The van der Waals surface area contributed by atoms with Crippen LogP contribution in [0.5, 0.6) is 5.75 Å². The number of ether oxygens (including phenoxy) is 1. The average molecular weight is 376 g/mol. The molecule has 0 bridgehead atoms. The third kappa shape index (κ3) is 4.94. The van der Waals surface area contributed by atoms with Crippen LogP contribution in [0.2, 0.25) is 0 Å². The van der Waals surface area contributed by atoms with Crippen LogP contribution in [0.15, 0.2) is 72.8 Å². The zero-order valence-electron chi connectivity index (χ0n) is 15.4. The fourth-order valence-corrected chi connectivity index (χ4v) is 2.73. The van der Waals surface area contributed by atoms with E-state index in [1.165, 1.54) is 23.8 Å². The Balaban J connectivity index is 1.57. The van der Waals surface area contributed by atoms with E-state index >= 15 is 0 Å². The van der Waals surface area contributed by atoms with Gasteiger partial charge in [0.1, 0.15) is 5.75 Å². The molecule has 0 aliphatic rings. The lowest BCUT2D eigenvalue weighted by atomic mass is 10.1. The van der Waals surface area contributed by atoms with Crippen LogP contribution in [-0.2, 0) is 6.42 Å². The van der Waals surface area contributed by atoms with E-state index in [0.29, 0.717) is 29.2 Å². The molecular formula is C22H20N2O4. The highest BCUT2D eigenvalue weighted by Crippen LogP contribution is 2.22. The predicted molar refractivity (Wildman–Crippen MR) is 108 cm³/mol. The lowest BCUT2D eigenvalue weighted by molar-refractivity contribution is -0.384. The summed E-state index contributed by atoms with van der Waals surface area (Å²) in [6.07, 6.45) is 0.808. The van der Waals surface area contributed by atoms with Gasteiger partial charge in [0.05, 0.1) is 11.5 Å². The van der Waals surface area contributed by atoms with Gasteiger partial charge in [-0.15, -0.1) is 0 Å². The van der Waals surface area contributed by atoms with Gasteiger partial charge in [-0.3, -0.25) is 14.9 Å². The first kappa shape index (κ1) is 19.1. The number of aryl methyl sites for hydroxylation is 1. The number of rotatable bonds is 7. The molecule has 0 aliphatic carbocycles. The van der Waals surface area contributed by atoms with Crippen molar-refractivity contribution >= 4 is 17.3 Å². The fraction of sp³-hybridized carbons (Fsp3) is 0.136. The third-order valence-electron chi connectivity index (χ3n) is 4.29. The normalized spacial score (nSPS) is 10.3. The SMILES string of the molecule is Cc1cc([N+](=O)[O-])ccc1NC(=O)c1ccc(OCCc2ccccc2)cc1. The third-order valence-corrected chi connectivity index (χ3v) is 4.29. The van der Waals surface area contributed by atoms with Gasteiger partial charge < -0.3 is 10.1 Å². The first-order chi connectivity index (χ1) is 13.5. The molecule has 6 heteroatoms. The number of nitro groups is 1. The molecular weight excluding hydrogens is 356 g/mol. The maximum Gasteiger partial charge on any atom is 0.269 e. The van der Waals surface area contributed by atoms with Crippen molar-refractivity contribution in [2.75, 3.05) is 11.9 Å². The number of nitrogens with zero attached hydrogens (tertiary/aromatic N) is 1. The van der Waals surface area contributed by atoms with Crippen LogP contribution in [0, 0.1) is 17.0 Å². The predicted octanol–water partition coefficient (Wildman–Crippen LogP) is 4.78. The number of hydrogen-bond donors (Lipinski definition) is 1. The van der Waals surface area contributed by atoms with Crippen LogP contribution in [0.25, 0.3) is 0 Å². The summed E-state index contributed by atoms with van der Waals surface area (Å²) in [5.74, 6) is 0.409. The molecule has 0 aliphatic heterocycles. The van der Waals surface area contributed by atoms with E-state index in [1.807, 2.05) is 18.2 Å². The molecule has 3 aromatic rings.